The largest absolute Gasteiger partial charge is 0.321 e. The van der Waals surface area contributed by atoms with Crippen LogP contribution in [-0.2, 0) is 4.79 Å². The van der Waals surface area contributed by atoms with E-state index in [0.29, 0.717) is 0 Å². The van der Waals surface area contributed by atoms with Crippen LogP contribution in [0.15, 0.2) is 54.6 Å². The monoisotopic (exact) mass is 328 g/mol. The third-order valence-corrected chi connectivity index (χ3v) is 4.77. The molecule has 0 radical (unpaired) electrons. The highest BCUT2D eigenvalue weighted by atomic mass is 16.2. The van der Waals surface area contributed by atoms with Crippen LogP contribution in [-0.4, -0.2) is 10.5 Å². The number of para-hydroxylation sites is 1. The first-order chi connectivity index (χ1) is 12.0. The lowest BCUT2D eigenvalue weighted by atomic mass is 10.0. The molecule has 0 unspecified atom stereocenters. The Hall–Kier alpha value is -3.07. The maximum absolute atomic E-state index is 12.4. The lowest BCUT2D eigenvalue weighted by molar-refractivity contribution is -0.110. The summed E-state index contributed by atoms with van der Waals surface area (Å²) in [5.41, 5.74) is 8.30. The van der Waals surface area contributed by atoms with E-state index < -0.39 is 0 Å². The molecule has 1 aliphatic rings. The molecule has 1 aromatic heterocycles. The van der Waals surface area contributed by atoms with Gasteiger partial charge < -0.3 is 9.88 Å². The minimum atomic E-state index is -0.0404. The molecule has 0 spiro atoms. The number of anilines is 1. The van der Waals surface area contributed by atoms with Gasteiger partial charge in [-0.05, 0) is 56.7 Å². The van der Waals surface area contributed by atoms with Crippen LogP contribution in [0.5, 0.6) is 0 Å². The van der Waals surface area contributed by atoms with Crippen molar-refractivity contribution in [2.24, 2.45) is 0 Å². The number of carbonyl (C=O) groups excluding carboxylic acids is 1. The second-order valence-corrected chi connectivity index (χ2v) is 6.56. The molecule has 0 aliphatic carbocycles. The van der Waals surface area contributed by atoms with E-state index in [4.69, 9.17) is 0 Å². The van der Waals surface area contributed by atoms with Crippen LogP contribution < -0.4 is 5.32 Å². The van der Waals surface area contributed by atoms with Crippen LogP contribution in [0.25, 0.3) is 17.3 Å². The second kappa shape index (κ2) is 5.78. The van der Waals surface area contributed by atoms with Crippen molar-refractivity contribution in [3.8, 4) is 5.69 Å². The molecule has 2 heterocycles. The minimum absolute atomic E-state index is 0.0404. The highest BCUT2D eigenvalue weighted by Crippen LogP contribution is 2.34. The standard InChI is InChI=1S/C22H20N2O/c1-14-8-10-18(11-9-14)24-15(2)12-17(16(24)3)13-20-19-6-4-5-7-21(19)23-22(20)25/h4-13H,1-3H3,(H,23,25). The summed E-state index contributed by atoms with van der Waals surface area (Å²) in [5.74, 6) is -0.0404. The quantitative estimate of drug-likeness (QED) is 0.667. The molecular formula is C22H20N2O. The molecule has 3 heteroatoms. The molecule has 1 N–H and O–H groups in total. The van der Waals surface area contributed by atoms with Crippen LogP contribution in [0.3, 0.4) is 0 Å². The van der Waals surface area contributed by atoms with Crippen LogP contribution in [0, 0.1) is 20.8 Å². The lowest BCUT2D eigenvalue weighted by Gasteiger charge is -2.10. The average molecular weight is 328 g/mol. The molecule has 0 bridgehead atoms. The first-order valence-electron chi connectivity index (χ1n) is 8.43. The van der Waals surface area contributed by atoms with Gasteiger partial charge in [0.15, 0.2) is 0 Å². The number of benzene rings is 2. The van der Waals surface area contributed by atoms with Gasteiger partial charge in [-0.15, -0.1) is 0 Å². The molecule has 3 aromatic rings. The summed E-state index contributed by atoms with van der Waals surface area (Å²) in [6, 6.07) is 18.4. The van der Waals surface area contributed by atoms with E-state index in [1.54, 1.807) is 0 Å². The Kier molecular flexibility index (Phi) is 3.57. The molecule has 4 rings (SSSR count). The number of hydrogen-bond donors (Lipinski definition) is 1. The predicted octanol–water partition coefficient (Wildman–Crippen LogP) is 4.90. The summed E-state index contributed by atoms with van der Waals surface area (Å²) < 4.78 is 2.23. The Balaban J connectivity index is 1.82. The molecule has 124 valence electrons. The van der Waals surface area contributed by atoms with Crippen molar-refractivity contribution in [2.75, 3.05) is 5.32 Å². The fourth-order valence-corrected chi connectivity index (χ4v) is 3.46. The number of carbonyl (C=O) groups is 1. The van der Waals surface area contributed by atoms with Gasteiger partial charge in [0.05, 0.1) is 0 Å². The third-order valence-electron chi connectivity index (χ3n) is 4.77. The number of amides is 1. The zero-order valence-electron chi connectivity index (χ0n) is 14.6. The summed E-state index contributed by atoms with van der Waals surface area (Å²) >= 11 is 0. The zero-order valence-corrected chi connectivity index (χ0v) is 14.6. The van der Waals surface area contributed by atoms with Gasteiger partial charge in [0.25, 0.3) is 5.91 Å². The first kappa shape index (κ1) is 15.5. The number of fused-ring (bicyclic) bond motifs is 1. The lowest BCUT2D eigenvalue weighted by Crippen LogP contribution is -2.03. The zero-order chi connectivity index (χ0) is 17.6. The maximum Gasteiger partial charge on any atom is 0.256 e. The molecule has 0 saturated heterocycles. The van der Waals surface area contributed by atoms with E-state index in [1.807, 2.05) is 30.3 Å². The van der Waals surface area contributed by atoms with Crippen molar-refractivity contribution in [3.05, 3.63) is 82.7 Å². The fraction of sp³-hybridized carbons (Fsp3) is 0.136. The first-order valence-corrected chi connectivity index (χ1v) is 8.43. The van der Waals surface area contributed by atoms with E-state index in [-0.39, 0.29) is 5.91 Å². The van der Waals surface area contributed by atoms with Crippen molar-refractivity contribution in [1.29, 1.82) is 0 Å². The molecule has 0 saturated carbocycles. The Morgan fingerprint density at radius 1 is 0.960 bits per heavy atom. The average Bonchev–Trinajstić information content (AvgIpc) is 3.06. The van der Waals surface area contributed by atoms with Crippen molar-refractivity contribution in [3.63, 3.8) is 0 Å². The molecule has 3 nitrogen and oxygen atoms in total. The van der Waals surface area contributed by atoms with Crippen molar-refractivity contribution in [2.45, 2.75) is 20.8 Å². The SMILES string of the molecule is Cc1ccc(-n2c(C)cc(C=C3C(=O)Nc4ccccc43)c2C)cc1. The maximum atomic E-state index is 12.4. The topological polar surface area (TPSA) is 34.0 Å². The van der Waals surface area contributed by atoms with Gasteiger partial charge in [0, 0.05) is 33.9 Å². The van der Waals surface area contributed by atoms with Gasteiger partial charge in [-0.25, -0.2) is 0 Å². The van der Waals surface area contributed by atoms with Crippen LogP contribution in [0.2, 0.25) is 0 Å². The van der Waals surface area contributed by atoms with Crippen LogP contribution >= 0.6 is 0 Å². The normalized spacial score (nSPS) is 14.7. The van der Waals surface area contributed by atoms with Gasteiger partial charge >= 0.3 is 0 Å². The molecule has 0 atom stereocenters. The summed E-state index contributed by atoms with van der Waals surface area (Å²) in [7, 11) is 0. The Morgan fingerprint density at radius 2 is 1.68 bits per heavy atom. The molecule has 1 amide bonds. The molecule has 2 aromatic carbocycles. The van der Waals surface area contributed by atoms with Crippen molar-refractivity contribution < 1.29 is 4.79 Å². The number of rotatable bonds is 2. The molecule has 0 fully saturated rings. The highest BCUT2D eigenvalue weighted by molar-refractivity contribution is 6.34. The second-order valence-electron chi connectivity index (χ2n) is 6.56. The van der Waals surface area contributed by atoms with E-state index in [1.165, 1.54) is 5.56 Å². The van der Waals surface area contributed by atoms with Crippen LogP contribution in [0.4, 0.5) is 5.69 Å². The summed E-state index contributed by atoms with van der Waals surface area (Å²) in [4.78, 5) is 12.4. The van der Waals surface area contributed by atoms with Gasteiger partial charge in [0.2, 0.25) is 0 Å². The van der Waals surface area contributed by atoms with Crippen molar-refractivity contribution >= 4 is 23.2 Å². The Labute approximate surface area is 147 Å². The highest BCUT2D eigenvalue weighted by Gasteiger charge is 2.24. The number of hydrogen-bond acceptors (Lipinski definition) is 1. The van der Waals surface area contributed by atoms with Gasteiger partial charge in [-0.1, -0.05) is 35.9 Å². The van der Waals surface area contributed by atoms with E-state index in [0.717, 1.165) is 39.5 Å². The fourth-order valence-electron chi connectivity index (χ4n) is 3.46. The van der Waals surface area contributed by atoms with Crippen LogP contribution in [0.1, 0.15) is 28.1 Å². The number of nitrogens with one attached hydrogen (secondary N) is 1. The van der Waals surface area contributed by atoms with E-state index in [9.17, 15) is 4.79 Å². The smallest absolute Gasteiger partial charge is 0.256 e. The minimum Gasteiger partial charge on any atom is -0.321 e. The number of nitrogens with zero attached hydrogens (tertiary/aromatic N) is 1. The predicted molar refractivity (Wildman–Crippen MR) is 103 cm³/mol. The van der Waals surface area contributed by atoms with E-state index in [2.05, 4.69) is 61.0 Å². The summed E-state index contributed by atoms with van der Waals surface area (Å²) in [6.45, 7) is 6.28. The number of aryl methyl sites for hydroxylation is 2. The van der Waals surface area contributed by atoms with Crippen molar-refractivity contribution in [1.82, 2.24) is 4.57 Å². The van der Waals surface area contributed by atoms with E-state index >= 15 is 0 Å². The molecule has 25 heavy (non-hydrogen) atoms. The van der Waals surface area contributed by atoms with Gasteiger partial charge in [-0.2, -0.15) is 0 Å². The molecule has 1 aliphatic heterocycles. The van der Waals surface area contributed by atoms with Gasteiger partial charge in [-0.3, -0.25) is 4.79 Å². The molecular weight excluding hydrogens is 308 g/mol. The van der Waals surface area contributed by atoms with Gasteiger partial charge in [0.1, 0.15) is 0 Å². The Morgan fingerprint density at radius 3 is 2.44 bits per heavy atom. The summed E-state index contributed by atoms with van der Waals surface area (Å²) in [6.07, 6.45) is 1.99. The third kappa shape index (κ3) is 2.58. The summed E-state index contributed by atoms with van der Waals surface area (Å²) in [5, 5.41) is 2.93. The number of aromatic nitrogens is 1. The Bertz CT molecular complexity index is 1010.